The summed E-state index contributed by atoms with van der Waals surface area (Å²) in [5.41, 5.74) is 6.56. The van der Waals surface area contributed by atoms with Gasteiger partial charge >= 0.3 is 0 Å². The summed E-state index contributed by atoms with van der Waals surface area (Å²) < 4.78 is 7.76. The maximum absolute atomic E-state index is 5.56. The molecule has 2 saturated carbocycles. The second-order valence-corrected chi connectivity index (χ2v) is 11.1. The lowest BCUT2D eigenvalue weighted by Gasteiger charge is -2.36. The Kier molecular flexibility index (Phi) is 6.80. The summed E-state index contributed by atoms with van der Waals surface area (Å²) in [5, 5.41) is 12.7. The van der Waals surface area contributed by atoms with Crippen LogP contribution in [0.1, 0.15) is 85.7 Å². The van der Waals surface area contributed by atoms with Gasteiger partial charge in [-0.15, -0.1) is 0 Å². The molecule has 0 spiro atoms. The van der Waals surface area contributed by atoms with Crippen LogP contribution in [0.25, 0.3) is 0 Å². The number of hydrogen-bond acceptors (Lipinski definition) is 6. The lowest BCUT2D eigenvalue weighted by Crippen LogP contribution is -2.43. The monoisotopic (exact) mass is 500 g/mol. The molecule has 7 nitrogen and oxygen atoms in total. The molecule has 0 bridgehead atoms. The normalized spacial score (nSPS) is 19.2. The van der Waals surface area contributed by atoms with Gasteiger partial charge in [0, 0.05) is 49.7 Å². The van der Waals surface area contributed by atoms with Gasteiger partial charge in [0.1, 0.15) is 5.69 Å². The van der Waals surface area contributed by atoms with E-state index in [4.69, 9.17) is 9.84 Å². The number of benzene rings is 1. The molecule has 37 heavy (non-hydrogen) atoms. The molecule has 2 aromatic heterocycles. The fourth-order valence-corrected chi connectivity index (χ4v) is 5.83. The van der Waals surface area contributed by atoms with Gasteiger partial charge in [0.15, 0.2) is 5.82 Å². The number of nitrogens with one attached hydrogen (secondary N) is 2. The zero-order valence-corrected chi connectivity index (χ0v) is 22.4. The molecular weight excluding hydrogens is 460 g/mol. The summed E-state index contributed by atoms with van der Waals surface area (Å²) in [7, 11) is 1.71. The lowest BCUT2D eigenvalue weighted by atomic mass is 10.0. The SMILES string of the molecule is COc1nccc(C)c1N1CCC(NC(C)c2cn(C3CC3)nc2NCc2ccccc2C2CC2)CC1. The van der Waals surface area contributed by atoms with Crippen LogP contribution >= 0.6 is 0 Å². The summed E-state index contributed by atoms with van der Waals surface area (Å²) in [6.45, 7) is 7.26. The van der Waals surface area contributed by atoms with E-state index in [0.717, 1.165) is 55.8 Å². The second-order valence-electron chi connectivity index (χ2n) is 11.1. The van der Waals surface area contributed by atoms with E-state index in [0.29, 0.717) is 12.1 Å². The fourth-order valence-electron chi connectivity index (χ4n) is 5.83. The minimum atomic E-state index is 0.236. The van der Waals surface area contributed by atoms with Crippen molar-refractivity contribution >= 4 is 11.5 Å². The summed E-state index contributed by atoms with van der Waals surface area (Å²) in [6.07, 6.45) is 11.4. The number of pyridine rings is 1. The molecule has 0 amide bonds. The Morgan fingerprint density at radius 2 is 1.84 bits per heavy atom. The predicted octanol–water partition coefficient (Wildman–Crippen LogP) is 5.74. The first-order valence-electron chi connectivity index (χ1n) is 14.0. The fraction of sp³-hybridized carbons (Fsp3) is 0.533. The van der Waals surface area contributed by atoms with Gasteiger partial charge in [0.2, 0.25) is 5.88 Å². The predicted molar refractivity (Wildman–Crippen MR) is 149 cm³/mol. The number of nitrogens with zero attached hydrogens (tertiary/aromatic N) is 4. The summed E-state index contributed by atoms with van der Waals surface area (Å²) in [6, 6.07) is 12.3. The highest BCUT2D eigenvalue weighted by molar-refractivity contribution is 5.60. The molecule has 0 radical (unpaired) electrons. The van der Waals surface area contributed by atoms with Crippen LogP contribution in [0.4, 0.5) is 11.5 Å². The Hall–Kier alpha value is -3.06. The van der Waals surface area contributed by atoms with Gasteiger partial charge < -0.3 is 20.3 Å². The van der Waals surface area contributed by atoms with Crippen molar-refractivity contribution in [3.05, 3.63) is 65.0 Å². The van der Waals surface area contributed by atoms with Crippen molar-refractivity contribution in [3.8, 4) is 5.88 Å². The van der Waals surface area contributed by atoms with Gasteiger partial charge in [-0.25, -0.2) is 4.98 Å². The van der Waals surface area contributed by atoms with Crippen molar-refractivity contribution < 1.29 is 4.74 Å². The Balaban J connectivity index is 1.12. The molecule has 1 unspecified atom stereocenters. The Morgan fingerprint density at radius 1 is 1.05 bits per heavy atom. The molecule has 196 valence electrons. The van der Waals surface area contributed by atoms with Crippen molar-refractivity contribution in [2.45, 2.75) is 83.0 Å². The smallest absolute Gasteiger partial charge is 0.237 e. The lowest BCUT2D eigenvalue weighted by molar-refractivity contribution is 0.371. The van der Waals surface area contributed by atoms with E-state index in [2.05, 4.69) is 75.6 Å². The third-order valence-corrected chi connectivity index (χ3v) is 8.25. The maximum atomic E-state index is 5.56. The number of methoxy groups -OCH3 is 1. The molecule has 3 fully saturated rings. The number of aryl methyl sites for hydroxylation is 1. The number of ether oxygens (including phenoxy) is 1. The average Bonchev–Trinajstić information content (AvgIpc) is 3.86. The van der Waals surface area contributed by atoms with Gasteiger partial charge in [-0.2, -0.15) is 5.10 Å². The van der Waals surface area contributed by atoms with Crippen molar-refractivity contribution in [1.82, 2.24) is 20.1 Å². The molecule has 3 aliphatic rings. The van der Waals surface area contributed by atoms with Crippen LogP contribution in [0, 0.1) is 6.92 Å². The standard InChI is InChI=1S/C30H40N6O/c1-20-12-15-31-30(37-3)28(20)35-16-13-24(14-17-35)33-21(2)27-19-36(25-10-11-25)34-29(27)32-18-23-6-4-5-7-26(23)22-8-9-22/h4-7,12,15,19,21-22,24-25,33H,8-11,13-14,16-18H2,1-3H3,(H,32,34). The minimum absolute atomic E-state index is 0.236. The van der Waals surface area contributed by atoms with Crippen LogP contribution < -0.4 is 20.3 Å². The Morgan fingerprint density at radius 3 is 2.57 bits per heavy atom. The van der Waals surface area contributed by atoms with E-state index in [1.807, 2.05) is 6.20 Å². The first-order chi connectivity index (χ1) is 18.1. The van der Waals surface area contributed by atoms with Crippen LogP contribution in [0.2, 0.25) is 0 Å². The zero-order chi connectivity index (χ0) is 25.4. The highest BCUT2D eigenvalue weighted by atomic mass is 16.5. The summed E-state index contributed by atoms with van der Waals surface area (Å²) in [5.74, 6) is 2.51. The molecule has 1 aliphatic heterocycles. The molecule has 1 saturated heterocycles. The van der Waals surface area contributed by atoms with E-state index in [1.54, 1.807) is 7.11 Å². The van der Waals surface area contributed by atoms with Crippen molar-refractivity contribution in [3.63, 3.8) is 0 Å². The molecule has 3 heterocycles. The van der Waals surface area contributed by atoms with Crippen LogP contribution in [0.3, 0.4) is 0 Å². The Labute approximate surface area is 220 Å². The molecular formula is C30H40N6O. The van der Waals surface area contributed by atoms with E-state index >= 15 is 0 Å². The van der Waals surface area contributed by atoms with Crippen molar-refractivity contribution in [2.24, 2.45) is 0 Å². The van der Waals surface area contributed by atoms with Crippen molar-refractivity contribution in [2.75, 3.05) is 30.4 Å². The largest absolute Gasteiger partial charge is 0.480 e. The van der Waals surface area contributed by atoms with Crippen LogP contribution in [0.5, 0.6) is 5.88 Å². The second kappa shape index (κ2) is 10.4. The van der Waals surface area contributed by atoms with Crippen LogP contribution in [-0.2, 0) is 6.54 Å². The number of hydrogen-bond donors (Lipinski definition) is 2. The van der Waals surface area contributed by atoms with Gasteiger partial charge in [-0.3, -0.25) is 4.68 Å². The van der Waals surface area contributed by atoms with Crippen molar-refractivity contribution in [1.29, 1.82) is 0 Å². The minimum Gasteiger partial charge on any atom is -0.480 e. The number of piperidine rings is 1. The van der Waals surface area contributed by atoms with Gasteiger partial charge in [-0.1, -0.05) is 24.3 Å². The topological polar surface area (TPSA) is 67.2 Å². The number of anilines is 2. The maximum Gasteiger partial charge on any atom is 0.237 e. The molecule has 2 aliphatic carbocycles. The van der Waals surface area contributed by atoms with Gasteiger partial charge in [-0.05, 0) is 81.0 Å². The quantitative estimate of drug-likeness (QED) is 0.370. The van der Waals surface area contributed by atoms with E-state index < -0.39 is 0 Å². The van der Waals surface area contributed by atoms with Gasteiger partial charge in [0.05, 0.1) is 13.2 Å². The molecule has 3 aromatic rings. The van der Waals surface area contributed by atoms with E-state index in [1.165, 1.54) is 47.9 Å². The number of aromatic nitrogens is 3. The van der Waals surface area contributed by atoms with Gasteiger partial charge in [0.25, 0.3) is 0 Å². The molecule has 1 atom stereocenters. The molecule has 7 heteroatoms. The molecule has 6 rings (SSSR count). The Bertz CT molecular complexity index is 1220. The average molecular weight is 501 g/mol. The molecule has 2 N–H and O–H groups in total. The third-order valence-electron chi connectivity index (χ3n) is 8.25. The third kappa shape index (κ3) is 5.33. The first-order valence-corrected chi connectivity index (χ1v) is 14.0. The highest BCUT2D eigenvalue weighted by Crippen LogP contribution is 2.42. The highest BCUT2D eigenvalue weighted by Gasteiger charge is 2.30. The van der Waals surface area contributed by atoms with Crippen LogP contribution in [-0.4, -0.2) is 41.0 Å². The van der Waals surface area contributed by atoms with Crippen LogP contribution in [0.15, 0.2) is 42.7 Å². The van der Waals surface area contributed by atoms with E-state index in [9.17, 15) is 0 Å². The first kappa shape index (κ1) is 24.3. The summed E-state index contributed by atoms with van der Waals surface area (Å²) in [4.78, 5) is 6.86. The number of rotatable bonds is 10. The van der Waals surface area contributed by atoms with E-state index in [-0.39, 0.29) is 6.04 Å². The summed E-state index contributed by atoms with van der Waals surface area (Å²) >= 11 is 0. The zero-order valence-electron chi connectivity index (χ0n) is 22.4. The molecule has 1 aromatic carbocycles.